The second-order valence-corrected chi connectivity index (χ2v) is 5.16. The molecule has 0 radical (unpaired) electrons. The first-order chi connectivity index (χ1) is 7.84. The topological polar surface area (TPSA) is 24.5 Å². The molecule has 0 spiro atoms. The van der Waals surface area contributed by atoms with E-state index in [1.54, 1.807) is 11.3 Å². The van der Waals surface area contributed by atoms with Crippen LogP contribution in [0.25, 0.3) is 0 Å². The summed E-state index contributed by atoms with van der Waals surface area (Å²) in [5.41, 5.74) is 1.42. The Morgan fingerprint density at radius 3 is 3.25 bits per heavy atom. The summed E-state index contributed by atoms with van der Waals surface area (Å²) >= 11 is 1.77. The zero-order chi connectivity index (χ0) is 11.2. The summed E-state index contributed by atoms with van der Waals surface area (Å²) < 4.78 is 5.44. The van der Waals surface area contributed by atoms with Crippen LogP contribution in [0.1, 0.15) is 12.0 Å². The fourth-order valence-corrected chi connectivity index (χ4v) is 2.61. The molecule has 1 aromatic rings. The minimum Gasteiger partial charge on any atom is -0.379 e. The predicted molar refractivity (Wildman–Crippen MR) is 67.9 cm³/mol. The highest BCUT2D eigenvalue weighted by Crippen LogP contribution is 2.09. The summed E-state index contributed by atoms with van der Waals surface area (Å²) in [7, 11) is 2.18. The molecule has 0 bridgehead atoms. The van der Waals surface area contributed by atoms with Gasteiger partial charge in [0.1, 0.15) is 0 Å². The van der Waals surface area contributed by atoms with Crippen molar-refractivity contribution in [1.29, 1.82) is 0 Å². The van der Waals surface area contributed by atoms with Crippen LogP contribution in [0.15, 0.2) is 16.8 Å². The molecule has 1 aromatic heterocycles. The van der Waals surface area contributed by atoms with Crippen LogP contribution < -0.4 is 5.32 Å². The average molecular weight is 240 g/mol. The zero-order valence-electron chi connectivity index (χ0n) is 9.82. The van der Waals surface area contributed by atoms with Crippen LogP contribution in [0.2, 0.25) is 0 Å². The molecule has 0 aromatic carbocycles. The van der Waals surface area contributed by atoms with Gasteiger partial charge in [0.25, 0.3) is 0 Å². The summed E-state index contributed by atoms with van der Waals surface area (Å²) in [5, 5.41) is 7.84. The van der Waals surface area contributed by atoms with Crippen molar-refractivity contribution in [3.8, 4) is 0 Å². The zero-order valence-corrected chi connectivity index (χ0v) is 10.6. The fraction of sp³-hybridized carbons (Fsp3) is 0.667. The molecule has 1 N–H and O–H groups in total. The Bertz CT molecular complexity index is 283. The molecule has 3 nitrogen and oxygen atoms in total. The molecule has 1 saturated heterocycles. The summed E-state index contributed by atoms with van der Waals surface area (Å²) in [6.45, 7) is 4.90. The molecule has 0 amide bonds. The standard InChI is InChI=1S/C12H20N2OS/c1-14(8-11-3-7-16-10-11)5-2-12-9-15-6-4-13-12/h3,7,10,12-13H,2,4-6,8-9H2,1H3. The minimum atomic E-state index is 0.540. The van der Waals surface area contributed by atoms with E-state index in [1.807, 2.05) is 0 Å². The van der Waals surface area contributed by atoms with E-state index in [-0.39, 0.29) is 0 Å². The van der Waals surface area contributed by atoms with Gasteiger partial charge in [0.2, 0.25) is 0 Å². The first kappa shape index (κ1) is 12.0. The van der Waals surface area contributed by atoms with Crippen molar-refractivity contribution in [1.82, 2.24) is 10.2 Å². The van der Waals surface area contributed by atoms with Gasteiger partial charge in [-0.15, -0.1) is 0 Å². The molecule has 1 aliphatic rings. The number of rotatable bonds is 5. The van der Waals surface area contributed by atoms with E-state index in [4.69, 9.17) is 4.74 Å². The third-order valence-corrected chi connectivity index (χ3v) is 3.62. The number of morpholine rings is 1. The van der Waals surface area contributed by atoms with Crippen LogP contribution in [0.4, 0.5) is 0 Å². The molecule has 2 heterocycles. The van der Waals surface area contributed by atoms with Gasteiger partial charge in [-0.2, -0.15) is 11.3 Å². The van der Waals surface area contributed by atoms with Gasteiger partial charge < -0.3 is 15.0 Å². The average Bonchev–Trinajstić information content (AvgIpc) is 2.81. The largest absolute Gasteiger partial charge is 0.379 e. The second kappa shape index (κ2) is 6.35. The molecule has 1 fully saturated rings. The Hall–Kier alpha value is -0.420. The van der Waals surface area contributed by atoms with E-state index in [0.29, 0.717) is 6.04 Å². The molecule has 2 rings (SSSR count). The molecule has 90 valence electrons. The van der Waals surface area contributed by atoms with Crippen LogP contribution in [0, 0.1) is 0 Å². The van der Waals surface area contributed by atoms with Crippen molar-refractivity contribution >= 4 is 11.3 Å². The molecule has 4 heteroatoms. The van der Waals surface area contributed by atoms with Crippen molar-refractivity contribution in [3.63, 3.8) is 0 Å². The summed E-state index contributed by atoms with van der Waals surface area (Å²) in [6, 6.07) is 2.74. The van der Waals surface area contributed by atoms with E-state index in [9.17, 15) is 0 Å². The van der Waals surface area contributed by atoms with Crippen molar-refractivity contribution in [2.45, 2.75) is 19.0 Å². The predicted octanol–water partition coefficient (Wildman–Crippen LogP) is 1.56. The number of ether oxygens (including phenoxy) is 1. The number of thiophene rings is 1. The van der Waals surface area contributed by atoms with Crippen LogP contribution in [-0.2, 0) is 11.3 Å². The lowest BCUT2D eigenvalue weighted by Crippen LogP contribution is -2.42. The van der Waals surface area contributed by atoms with Gasteiger partial charge in [0, 0.05) is 19.1 Å². The van der Waals surface area contributed by atoms with Crippen molar-refractivity contribution in [2.75, 3.05) is 33.4 Å². The van der Waals surface area contributed by atoms with Gasteiger partial charge in [0.05, 0.1) is 13.2 Å². The molecule has 16 heavy (non-hydrogen) atoms. The lowest BCUT2D eigenvalue weighted by molar-refractivity contribution is 0.0708. The highest BCUT2D eigenvalue weighted by Gasteiger charge is 2.13. The maximum Gasteiger partial charge on any atom is 0.0620 e. The SMILES string of the molecule is CN(CCC1COCCN1)Cc1ccsc1. The first-order valence-electron chi connectivity index (χ1n) is 5.85. The molecule has 0 saturated carbocycles. The van der Waals surface area contributed by atoms with Crippen molar-refractivity contribution < 1.29 is 4.74 Å². The second-order valence-electron chi connectivity index (χ2n) is 4.38. The van der Waals surface area contributed by atoms with Crippen LogP contribution in [0.5, 0.6) is 0 Å². The lowest BCUT2D eigenvalue weighted by Gasteiger charge is -2.26. The number of hydrogen-bond acceptors (Lipinski definition) is 4. The monoisotopic (exact) mass is 240 g/mol. The highest BCUT2D eigenvalue weighted by atomic mass is 32.1. The Kier molecular flexibility index (Phi) is 4.78. The Balaban J connectivity index is 1.65. The first-order valence-corrected chi connectivity index (χ1v) is 6.79. The lowest BCUT2D eigenvalue weighted by atomic mass is 10.2. The van der Waals surface area contributed by atoms with Gasteiger partial charge in [-0.25, -0.2) is 0 Å². The maximum absolute atomic E-state index is 5.44. The normalized spacial score (nSPS) is 21.5. The summed E-state index contributed by atoms with van der Waals surface area (Å²) in [6.07, 6.45) is 1.17. The highest BCUT2D eigenvalue weighted by molar-refractivity contribution is 7.07. The number of hydrogen-bond donors (Lipinski definition) is 1. The molecule has 1 unspecified atom stereocenters. The van der Waals surface area contributed by atoms with Crippen molar-refractivity contribution in [2.24, 2.45) is 0 Å². The Morgan fingerprint density at radius 1 is 1.62 bits per heavy atom. The molecular weight excluding hydrogens is 220 g/mol. The number of nitrogens with zero attached hydrogens (tertiary/aromatic N) is 1. The molecule has 1 atom stereocenters. The molecule has 0 aliphatic carbocycles. The summed E-state index contributed by atoms with van der Waals surface area (Å²) in [5.74, 6) is 0. The van der Waals surface area contributed by atoms with Crippen LogP contribution in [0.3, 0.4) is 0 Å². The van der Waals surface area contributed by atoms with E-state index < -0.39 is 0 Å². The molecular formula is C12H20N2OS. The van der Waals surface area contributed by atoms with E-state index >= 15 is 0 Å². The minimum absolute atomic E-state index is 0.540. The molecule has 1 aliphatic heterocycles. The van der Waals surface area contributed by atoms with Crippen LogP contribution >= 0.6 is 11.3 Å². The van der Waals surface area contributed by atoms with Gasteiger partial charge in [-0.3, -0.25) is 0 Å². The van der Waals surface area contributed by atoms with Crippen molar-refractivity contribution in [3.05, 3.63) is 22.4 Å². The van der Waals surface area contributed by atoms with Gasteiger partial charge in [0.15, 0.2) is 0 Å². The summed E-state index contributed by atoms with van der Waals surface area (Å²) in [4.78, 5) is 2.37. The van der Waals surface area contributed by atoms with Crippen LogP contribution in [-0.4, -0.2) is 44.3 Å². The van der Waals surface area contributed by atoms with E-state index in [1.165, 1.54) is 12.0 Å². The Labute approximate surface area is 101 Å². The van der Waals surface area contributed by atoms with Gasteiger partial charge in [-0.1, -0.05) is 0 Å². The third-order valence-electron chi connectivity index (χ3n) is 2.89. The van der Waals surface area contributed by atoms with E-state index in [0.717, 1.165) is 32.8 Å². The number of nitrogens with one attached hydrogen (secondary N) is 1. The quantitative estimate of drug-likeness (QED) is 0.845. The van der Waals surface area contributed by atoms with Gasteiger partial charge >= 0.3 is 0 Å². The van der Waals surface area contributed by atoms with Gasteiger partial charge in [-0.05, 0) is 42.4 Å². The maximum atomic E-state index is 5.44. The fourth-order valence-electron chi connectivity index (χ4n) is 1.95. The Morgan fingerprint density at radius 2 is 2.56 bits per heavy atom. The third kappa shape index (κ3) is 3.87. The van der Waals surface area contributed by atoms with E-state index in [2.05, 4.69) is 34.1 Å². The smallest absolute Gasteiger partial charge is 0.0620 e.